The molecule has 0 radical (unpaired) electrons. The van der Waals surface area contributed by atoms with Crippen molar-refractivity contribution >= 4 is 23.3 Å². The zero-order valence-corrected chi connectivity index (χ0v) is 17.3. The van der Waals surface area contributed by atoms with Gasteiger partial charge in [-0.2, -0.15) is 0 Å². The van der Waals surface area contributed by atoms with Gasteiger partial charge in [0.15, 0.2) is 0 Å². The van der Waals surface area contributed by atoms with E-state index in [1.165, 1.54) is 12.1 Å². The Morgan fingerprint density at radius 1 is 1.06 bits per heavy atom. The molecular formula is C23H24FN5O2. The van der Waals surface area contributed by atoms with Gasteiger partial charge >= 0.3 is 0 Å². The summed E-state index contributed by atoms with van der Waals surface area (Å²) < 4.78 is 15.5. The topological polar surface area (TPSA) is 93.2 Å². The van der Waals surface area contributed by atoms with E-state index >= 15 is 0 Å². The number of fused-ring (bicyclic) bond motifs is 1. The molecule has 0 aliphatic carbocycles. The summed E-state index contributed by atoms with van der Waals surface area (Å²) in [5.41, 5.74) is 8.72. The fraction of sp³-hybridized carbons (Fsp3) is 0.261. The van der Waals surface area contributed by atoms with E-state index in [4.69, 9.17) is 10.7 Å². The van der Waals surface area contributed by atoms with Gasteiger partial charge in [-0.25, -0.2) is 9.37 Å². The highest BCUT2D eigenvalue weighted by molar-refractivity contribution is 5.83. The quantitative estimate of drug-likeness (QED) is 0.638. The van der Waals surface area contributed by atoms with Crippen molar-refractivity contribution in [2.24, 2.45) is 5.73 Å². The minimum absolute atomic E-state index is 0.0326. The van der Waals surface area contributed by atoms with Crippen LogP contribution >= 0.6 is 0 Å². The van der Waals surface area contributed by atoms with Crippen molar-refractivity contribution < 1.29 is 14.0 Å². The molecule has 2 amide bonds. The highest BCUT2D eigenvalue weighted by Gasteiger charge is 2.27. The maximum Gasteiger partial charge on any atom is 0.223 e. The lowest BCUT2D eigenvalue weighted by molar-refractivity contribution is -0.134. The first kappa shape index (κ1) is 20.6. The number of amides is 2. The van der Waals surface area contributed by atoms with Crippen LogP contribution in [0.2, 0.25) is 0 Å². The van der Waals surface area contributed by atoms with Gasteiger partial charge in [-0.05, 0) is 43.3 Å². The number of hydrogen-bond acceptors (Lipinski definition) is 4. The summed E-state index contributed by atoms with van der Waals surface area (Å²) in [6.45, 7) is 3.42. The predicted molar refractivity (Wildman–Crippen MR) is 116 cm³/mol. The second kappa shape index (κ2) is 8.59. The number of aryl methyl sites for hydroxylation is 1. The number of rotatable bonds is 6. The van der Waals surface area contributed by atoms with Crippen LogP contribution in [0.3, 0.4) is 0 Å². The van der Waals surface area contributed by atoms with Gasteiger partial charge in [0, 0.05) is 37.2 Å². The molecule has 7 nitrogen and oxygen atoms in total. The van der Waals surface area contributed by atoms with Crippen LogP contribution in [-0.2, 0) is 22.7 Å². The zero-order chi connectivity index (χ0) is 22.0. The second-order valence-corrected chi connectivity index (χ2v) is 7.66. The number of aromatic nitrogens is 2. The van der Waals surface area contributed by atoms with Crippen LogP contribution in [0, 0.1) is 12.7 Å². The van der Waals surface area contributed by atoms with E-state index in [0.29, 0.717) is 25.3 Å². The number of imidazole rings is 1. The molecule has 0 atom stereocenters. The van der Waals surface area contributed by atoms with E-state index in [9.17, 15) is 14.0 Å². The number of anilines is 2. The highest BCUT2D eigenvalue weighted by atomic mass is 19.1. The highest BCUT2D eigenvalue weighted by Crippen LogP contribution is 2.33. The van der Waals surface area contributed by atoms with Crippen molar-refractivity contribution in [1.29, 1.82) is 0 Å². The average molecular weight is 421 g/mol. The predicted octanol–water partition coefficient (Wildman–Crippen LogP) is 3.35. The third-order valence-corrected chi connectivity index (χ3v) is 5.34. The Morgan fingerprint density at radius 3 is 2.45 bits per heavy atom. The number of primary amides is 1. The van der Waals surface area contributed by atoms with E-state index in [-0.39, 0.29) is 24.6 Å². The van der Waals surface area contributed by atoms with Crippen molar-refractivity contribution in [3.8, 4) is 11.3 Å². The lowest BCUT2D eigenvalue weighted by Gasteiger charge is -2.28. The molecule has 1 aliphatic rings. The fourth-order valence-electron chi connectivity index (χ4n) is 3.64. The summed E-state index contributed by atoms with van der Waals surface area (Å²) in [6.07, 6.45) is 0.125. The van der Waals surface area contributed by atoms with Gasteiger partial charge in [-0.1, -0.05) is 17.7 Å². The third kappa shape index (κ3) is 4.58. The molecule has 31 heavy (non-hydrogen) atoms. The van der Waals surface area contributed by atoms with E-state index in [2.05, 4.69) is 9.88 Å². The Morgan fingerprint density at radius 2 is 1.77 bits per heavy atom. The molecule has 2 heterocycles. The van der Waals surface area contributed by atoms with Gasteiger partial charge in [0.25, 0.3) is 0 Å². The first-order valence-corrected chi connectivity index (χ1v) is 10.2. The fourth-order valence-corrected chi connectivity index (χ4v) is 3.64. The summed E-state index contributed by atoms with van der Waals surface area (Å²) in [6, 6.07) is 14.2. The van der Waals surface area contributed by atoms with Crippen LogP contribution in [0.4, 0.5) is 15.9 Å². The van der Waals surface area contributed by atoms with Crippen LogP contribution < -0.4 is 11.1 Å². The standard InChI is InChI=1S/C23H24FN5O2/c1-15-2-8-18(9-3-15)26-23-22(16-4-6-17(24)7-5-16)27-20-14-28(12-13-29(20)23)21(31)11-10-19(25)30/h2-9,26H,10-14H2,1H3,(H2,25,30). The maximum atomic E-state index is 13.5. The summed E-state index contributed by atoms with van der Waals surface area (Å²) in [5.74, 6) is 0.605. The van der Waals surface area contributed by atoms with E-state index in [1.807, 2.05) is 31.2 Å². The van der Waals surface area contributed by atoms with Gasteiger partial charge in [0.2, 0.25) is 11.8 Å². The number of nitrogens with two attached hydrogens (primary N) is 1. The molecule has 3 N–H and O–H groups in total. The molecule has 160 valence electrons. The first-order chi connectivity index (χ1) is 14.9. The number of benzene rings is 2. The average Bonchev–Trinajstić information content (AvgIpc) is 3.11. The summed E-state index contributed by atoms with van der Waals surface area (Å²) in [5, 5.41) is 3.45. The Kier molecular flexibility index (Phi) is 5.70. The van der Waals surface area contributed by atoms with Crippen molar-refractivity contribution in [1.82, 2.24) is 14.5 Å². The van der Waals surface area contributed by atoms with Crippen molar-refractivity contribution in [3.63, 3.8) is 0 Å². The lowest BCUT2D eigenvalue weighted by Crippen LogP contribution is -2.38. The third-order valence-electron chi connectivity index (χ3n) is 5.34. The summed E-state index contributed by atoms with van der Waals surface area (Å²) in [7, 11) is 0. The van der Waals surface area contributed by atoms with E-state index in [1.54, 1.807) is 17.0 Å². The van der Waals surface area contributed by atoms with Gasteiger partial charge in [0.1, 0.15) is 23.2 Å². The van der Waals surface area contributed by atoms with Crippen molar-refractivity contribution in [2.45, 2.75) is 32.9 Å². The Labute approximate surface area is 179 Å². The molecule has 0 fully saturated rings. The zero-order valence-electron chi connectivity index (χ0n) is 17.3. The minimum atomic E-state index is -0.491. The maximum absolute atomic E-state index is 13.5. The monoisotopic (exact) mass is 421 g/mol. The van der Waals surface area contributed by atoms with Crippen LogP contribution in [0.5, 0.6) is 0 Å². The number of hydrogen-bond donors (Lipinski definition) is 2. The Hall–Kier alpha value is -3.68. The van der Waals surface area contributed by atoms with Crippen LogP contribution in [0.25, 0.3) is 11.3 Å². The number of halogens is 1. The van der Waals surface area contributed by atoms with Crippen LogP contribution in [0.15, 0.2) is 48.5 Å². The van der Waals surface area contributed by atoms with E-state index in [0.717, 1.165) is 28.5 Å². The molecule has 0 spiro atoms. The molecule has 2 aromatic carbocycles. The molecule has 1 aliphatic heterocycles. The van der Waals surface area contributed by atoms with Crippen molar-refractivity contribution in [3.05, 3.63) is 65.7 Å². The molecule has 8 heteroatoms. The minimum Gasteiger partial charge on any atom is -0.370 e. The van der Waals surface area contributed by atoms with Gasteiger partial charge < -0.3 is 20.5 Å². The first-order valence-electron chi connectivity index (χ1n) is 10.2. The van der Waals surface area contributed by atoms with Crippen LogP contribution in [-0.4, -0.2) is 32.8 Å². The normalized spacial score (nSPS) is 13.0. The molecule has 0 bridgehead atoms. The molecule has 0 saturated heterocycles. The molecule has 1 aromatic heterocycles. The molecule has 0 saturated carbocycles. The van der Waals surface area contributed by atoms with Gasteiger partial charge in [0.05, 0.1) is 6.54 Å². The van der Waals surface area contributed by atoms with Crippen LogP contribution in [0.1, 0.15) is 24.2 Å². The van der Waals surface area contributed by atoms with E-state index < -0.39 is 5.91 Å². The smallest absolute Gasteiger partial charge is 0.223 e. The van der Waals surface area contributed by atoms with Crippen molar-refractivity contribution in [2.75, 3.05) is 11.9 Å². The van der Waals surface area contributed by atoms with Gasteiger partial charge in [-0.3, -0.25) is 9.59 Å². The number of carbonyl (C=O) groups excluding carboxylic acids is 2. The number of nitrogens with zero attached hydrogens (tertiary/aromatic N) is 3. The van der Waals surface area contributed by atoms with Gasteiger partial charge in [-0.15, -0.1) is 0 Å². The summed E-state index contributed by atoms with van der Waals surface area (Å²) >= 11 is 0. The lowest BCUT2D eigenvalue weighted by atomic mass is 10.1. The molecule has 3 aromatic rings. The largest absolute Gasteiger partial charge is 0.370 e. The Balaban J connectivity index is 1.67. The SMILES string of the molecule is Cc1ccc(Nc2c(-c3ccc(F)cc3)nc3n2CCN(C(=O)CCC(N)=O)C3)cc1. The summed E-state index contributed by atoms with van der Waals surface area (Å²) in [4.78, 5) is 29.9. The number of nitrogens with one attached hydrogen (secondary N) is 1. The Bertz CT molecular complexity index is 1110. The molecule has 4 rings (SSSR count). The second-order valence-electron chi connectivity index (χ2n) is 7.66. The molecule has 0 unspecified atom stereocenters. The molecular weight excluding hydrogens is 397 g/mol. The number of carbonyl (C=O) groups is 2.